The first-order chi connectivity index (χ1) is 11.1. The summed E-state index contributed by atoms with van der Waals surface area (Å²) in [7, 11) is 3.78. The second kappa shape index (κ2) is 6.70. The first kappa shape index (κ1) is 16.0. The smallest absolute Gasteiger partial charge is 0.318 e. The number of nitrogens with one attached hydrogen (secondary N) is 1. The van der Waals surface area contributed by atoms with Gasteiger partial charge in [-0.1, -0.05) is 6.92 Å². The Labute approximate surface area is 140 Å². The number of thiazole rings is 1. The zero-order valence-electron chi connectivity index (χ0n) is 13.9. The van der Waals surface area contributed by atoms with Crippen molar-refractivity contribution in [3.05, 3.63) is 33.5 Å². The SMILES string of the molecule is CCc1cnc(CN(C)C(=O)NC2CCCc3c2cnn3C)s1. The molecule has 0 aromatic carbocycles. The average molecular weight is 333 g/mol. The molecular weight excluding hydrogens is 310 g/mol. The standard InChI is InChI=1S/C16H23N5OS/c1-4-11-8-17-15(23-11)10-20(2)16(22)19-13-6-5-7-14-12(13)9-18-21(14)3/h8-9,13H,4-7,10H2,1-3H3,(H,19,22). The van der Waals surface area contributed by atoms with E-state index in [0.717, 1.165) is 36.3 Å². The van der Waals surface area contributed by atoms with Gasteiger partial charge in [0.05, 0.1) is 18.8 Å². The summed E-state index contributed by atoms with van der Waals surface area (Å²) in [5, 5.41) is 8.44. The molecule has 0 fully saturated rings. The van der Waals surface area contributed by atoms with Crippen molar-refractivity contribution in [3.63, 3.8) is 0 Å². The van der Waals surface area contributed by atoms with Crippen LogP contribution in [0.2, 0.25) is 0 Å². The fraction of sp³-hybridized carbons (Fsp3) is 0.562. The van der Waals surface area contributed by atoms with E-state index in [1.807, 2.05) is 31.2 Å². The first-order valence-electron chi connectivity index (χ1n) is 8.04. The van der Waals surface area contributed by atoms with E-state index in [0.29, 0.717) is 6.54 Å². The van der Waals surface area contributed by atoms with Gasteiger partial charge in [-0.3, -0.25) is 4.68 Å². The Morgan fingerprint density at radius 1 is 1.52 bits per heavy atom. The lowest BCUT2D eigenvalue weighted by atomic mass is 9.93. The van der Waals surface area contributed by atoms with Crippen LogP contribution in [0.15, 0.2) is 12.4 Å². The molecule has 0 saturated carbocycles. The summed E-state index contributed by atoms with van der Waals surface area (Å²) >= 11 is 1.67. The van der Waals surface area contributed by atoms with E-state index in [2.05, 4.69) is 22.3 Å². The van der Waals surface area contributed by atoms with Crippen LogP contribution in [0.5, 0.6) is 0 Å². The predicted molar refractivity (Wildman–Crippen MR) is 90.4 cm³/mol. The van der Waals surface area contributed by atoms with Crippen LogP contribution in [0.3, 0.4) is 0 Å². The van der Waals surface area contributed by atoms with Crippen LogP contribution in [0.1, 0.15) is 46.9 Å². The average Bonchev–Trinajstić information content (AvgIpc) is 3.15. The Bertz CT molecular complexity index is 692. The third kappa shape index (κ3) is 3.39. The molecule has 0 saturated heterocycles. The lowest BCUT2D eigenvalue weighted by Gasteiger charge is -2.26. The Morgan fingerprint density at radius 3 is 3.09 bits per heavy atom. The molecule has 1 aliphatic carbocycles. The molecule has 2 aromatic rings. The molecule has 7 heteroatoms. The molecule has 2 aromatic heterocycles. The van der Waals surface area contributed by atoms with Crippen molar-refractivity contribution >= 4 is 17.4 Å². The lowest BCUT2D eigenvalue weighted by Crippen LogP contribution is -2.39. The molecule has 0 aliphatic heterocycles. The van der Waals surface area contributed by atoms with Crippen molar-refractivity contribution < 1.29 is 4.79 Å². The molecule has 0 spiro atoms. The minimum Gasteiger partial charge on any atom is -0.331 e. The summed E-state index contributed by atoms with van der Waals surface area (Å²) in [5.41, 5.74) is 2.39. The number of carbonyl (C=O) groups is 1. The van der Waals surface area contributed by atoms with Crippen LogP contribution in [0.4, 0.5) is 4.79 Å². The molecule has 2 heterocycles. The van der Waals surface area contributed by atoms with Crippen molar-refractivity contribution in [2.45, 2.75) is 45.2 Å². The second-order valence-corrected chi connectivity index (χ2v) is 7.19. The molecule has 1 aliphatic rings. The van der Waals surface area contributed by atoms with Gasteiger partial charge in [-0.25, -0.2) is 9.78 Å². The van der Waals surface area contributed by atoms with Crippen LogP contribution in [0.25, 0.3) is 0 Å². The number of carbonyl (C=O) groups excluding carboxylic acids is 1. The summed E-state index contributed by atoms with van der Waals surface area (Å²) < 4.78 is 1.92. The van der Waals surface area contributed by atoms with E-state index in [-0.39, 0.29) is 12.1 Å². The minimum absolute atomic E-state index is 0.0556. The molecule has 1 N–H and O–H groups in total. The van der Waals surface area contributed by atoms with E-state index < -0.39 is 0 Å². The van der Waals surface area contributed by atoms with Gasteiger partial charge in [0.25, 0.3) is 0 Å². The molecule has 3 rings (SSSR count). The highest BCUT2D eigenvalue weighted by Gasteiger charge is 2.25. The fourth-order valence-electron chi connectivity index (χ4n) is 2.97. The number of hydrogen-bond donors (Lipinski definition) is 1. The Kier molecular flexibility index (Phi) is 4.66. The van der Waals surface area contributed by atoms with Gasteiger partial charge in [0.1, 0.15) is 5.01 Å². The lowest BCUT2D eigenvalue weighted by molar-refractivity contribution is 0.201. The van der Waals surface area contributed by atoms with Crippen molar-refractivity contribution in [3.8, 4) is 0 Å². The highest BCUT2D eigenvalue weighted by Crippen LogP contribution is 2.29. The van der Waals surface area contributed by atoms with Crippen LogP contribution >= 0.6 is 11.3 Å². The molecule has 6 nitrogen and oxygen atoms in total. The highest BCUT2D eigenvalue weighted by molar-refractivity contribution is 7.11. The van der Waals surface area contributed by atoms with Crippen LogP contribution in [-0.2, 0) is 26.4 Å². The Balaban J connectivity index is 1.62. The zero-order chi connectivity index (χ0) is 16.4. The summed E-state index contributed by atoms with van der Waals surface area (Å²) in [5.74, 6) is 0. The van der Waals surface area contributed by atoms with Gasteiger partial charge in [0.15, 0.2) is 0 Å². The number of urea groups is 1. The Hall–Kier alpha value is -1.89. The van der Waals surface area contributed by atoms with Gasteiger partial charge < -0.3 is 10.2 Å². The van der Waals surface area contributed by atoms with Crippen molar-refractivity contribution in [1.29, 1.82) is 0 Å². The summed E-state index contributed by atoms with van der Waals surface area (Å²) in [6, 6.07) is 0.00449. The summed E-state index contributed by atoms with van der Waals surface area (Å²) in [6.07, 6.45) is 7.85. The van der Waals surface area contributed by atoms with Crippen molar-refractivity contribution in [2.75, 3.05) is 7.05 Å². The highest BCUT2D eigenvalue weighted by atomic mass is 32.1. The van der Waals surface area contributed by atoms with Gasteiger partial charge >= 0.3 is 6.03 Å². The summed E-state index contributed by atoms with van der Waals surface area (Å²) in [6.45, 7) is 2.66. The minimum atomic E-state index is -0.0556. The van der Waals surface area contributed by atoms with E-state index >= 15 is 0 Å². The maximum atomic E-state index is 12.5. The van der Waals surface area contributed by atoms with Crippen LogP contribution in [0, 0.1) is 0 Å². The number of amides is 2. The molecule has 1 atom stereocenters. The molecular formula is C16H23N5OS. The predicted octanol–water partition coefficient (Wildman–Crippen LogP) is 2.66. The quantitative estimate of drug-likeness (QED) is 0.935. The van der Waals surface area contributed by atoms with Crippen molar-refractivity contribution in [1.82, 2.24) is 25.0 Å². The van der Waals surface area contributed by atoms with Gasteiger partial charge in [0, 0.05) is 36.4 Å². The van der Waals surface area contributed by atoms with Crippen molar-refractivity contribution in [2.24, 2.45) is 7.05 Å². The molecule has 23 heavy (non-hydrogen) atoms. The van der Waals surface area contributed by atoms with Gasteiger partial charge in [-0.2, -0.15) is 5.10 Å². The zero-order valence-corrected chi connectivity index (χ0v) is 14.7. The first-order valence-corrected chi connectivity index (χ1v) is 8.86. The van der Waals surface area contributed by atoms with Crippen LogP contribution < -0.4 is 5.32 Å². The fourth-order valence-corrected chi connectivity index (χ4v) is 3.89. The number of nitrogens with zero attached hydrogens (tertiary/aromatic N) is 4. The maximum Gasteiger partial charge on any atom is 0.318 e. The van der Waals surface area contributed by atoms with E-state index in [1.165, 1.54) is 10.6 Å². The third-order valence-electron chi connectivity index (χ3n) is 4.34. The maximum absolute atomic E-state index is 12.5. The molecule has 0 radical (unpaired) electrons. The van der Waals surface area contributed by atoms with E-state index in [4.69, 9.17) is 0 Å². The monoisotopic (exact) mass is 333 g/mol. The normalized spacial score (nSPS) is 16.9. The van der Waals surface area contributed by atoms with Crippen LogP contribution in [-0.4, -0.2) is 32.7 Å². The number of rotatable bonds is 4. The third-order valence-corrected chi connectivity index (χ3v) is 5.47. The van der Waals surface area contributed by atoms with E-state index in [9.17, 15) is 4.79 Å². The molecule has 0 bridgehead atoms. The number of hydrogen-bond acceptors (Lipinski definition) is 4. The van der Waals surface area contributed by atoms with Gasteiger partial charge in [-0.05, 0) is 25.7 Å². The molecule has 124 valence electrons. The molecule has 1 unspecified atom stereocenters. The van der Waals surface area contributed by atoms with Gasteiger partial charge in [0.2, 0.25) is 0 Å². The van der Waals surface area contributed by atoms with Gasteiger partial charge in [-0.15, -0.1) is 11.3 Å². The summed E-state index contributed by atoms with van der Waals surface area (Å²) in [4.78, 5) is 19.8. The van der Waals surface area contributed by atoms with E-state index in [1.54, 1.807) is 16.2 Å². The largest absolute Gasteiger partial charge is 0.331 e. The molecule has 2 amide bonds. The number of aromatic nitrogens is 3. The second-order valence-electron chi connectivity index (χ2n) is 5.99. The Morgan fingerprint density at radius 2 is 2.35 bits per heavy atom. The number of aryl methyl sites for hydroxylation is 2. The topological polar surface area (TPSA) is 63.1 Å². The number of fused-ring (bicyclic) bond motifs is 1.